The predicted octanol–water partition coefficient (Wildman–Crippen LogP) is 3.61. The molecule has 0 aliphatic heterocycles. The lowest BCUT2D eigenvalue weighted by molar-refractivity contribution is 0.403. The second-order valence-electron chi connectivity index (χ2n) is 5.69. The lowest BCUT2D eigenvalue weighted by atomic mass is 9.98. The highest BCUT2D eigenvalue weighted by atomic mass is 16.3. The fourth-order valence-electron chi connectivity index (χ4n) is 2.74. The standard InChI is InChI=1S/C20H24N2O4/c1-3-21-15(13-7-5-9-17(23)19(13)25)11-12-16(22-4-2)14-8-6-10-18(24)20(14)26/h5-10,23-26H,3-4,11-12H2,1-2H3. The van der Waals surface area contributed by atoms with E-state index in [1.807, 2.05) is 13.8 Å². The van der Waals surface area contributed by atoms with Crippen LogP contribution in [-0.4, -0.2) is 44.9 Å². The number of rotatable bonds is 7. The first-order chi connectivity index (χ1) is 12.5. The van der Waals surface area contributed by atoms with Gasteiger partial charge in [-0.3, -0.25) is 9.98 Å². The van der Waals surface area contributed by atoms with Gasteiger partial charge in [-0.25, -0.2) is 0 Å². The van der Waals surface area contributed by atoms with Crippen LogP contribution in [0.15, 0.2) is 46.4 Å². The monoisotopic (exact) mass is 356 g/mol. The van der Waals surface area contributed by atoms with Gasteiger partial charge in [0.15, 0.2) is 23.0 Å². The van der Waals surface area contributed by atoms with Gasteiger partial charge < -0.3 is 20.4 Å². The molecule has 6 nitrogen and oxygen atoms in total. The van der Waals surface area contributed by atoms with E-state index in [0.29, 0.717) is 48.5 Å². The molecule has 0 fully saturated rings. The van der Waals surface area contributed by atoms with Crippen LogP contribution < -0.4 is 0 Å². The Morgan fingerprint density at radius 3 is 1.42 bits per heavy atom. The van der Waals surface area contributed by atoms with E-state index >= 15 is 0 Å². The maximum Gasteiger partial charge on any atom is 0.166 e. The molecule has 0 saturated carbocycles. The number of hydrogen-bond donors (Lipinski definition) is 4. The molecule has 0 atom stereocenters. The average molecular weight is 356 g/mol. The molecule has 0 saturated heterocycles. The highest BCUT2D eigenvalue weighted by Crippen LogP contribution is 2.32. The molecule has 2 aromatic rings. The van der Waals surface area contributed by atoms with Crippen LogP contribution in [0.2, 0.25) is 0 Å². The molecule has 0 unspecified atom stereocenters. The Balaban J connectivity index is 2.31. The number of phenolic OH excluding ortho intramolecular Hbond substituents is 4. The molecule has 0 heterocycles. The van der Waals surface area contributed by atoms with Gasteiger partial charge >= 0.3 is 0 Å². The van der Waals surface area contributed by atoms with Crippen molar-refractivity contribution in [3.05, 3.63) is 47.5 Å². The first-order valence-corrected chi connectivity index (χ1v) is 8.58. The Kier molecular flexibility index (Phi) is 6.60. The summed E-state index contributed by atoms with van der Waals surface area (Å²) in [7, 11) is 0. The molecule has 2 rings (SSSR count). The van der Waals surface area contributed by atoms with E-state index in [1.54, 1.807) is 24.3 Å². The molecule has 26 heavy (non-hydrogen) atoms. The van der Waals surface area contributed by atoms with Crippen molar-refractivity contribution in [1.29, 1.82) is 0 Å². The Labute approximate surface area is 152 Å². The van der Waals surface area contributed by atoms with Crippen LogP contribution in [0.5, 0.6) is 23.0 Å². The van der Waals surface area contributed by atoms with E-state index in [0.717, 1.165) is 0 Å². The molecule has 0 aliphatic carbocycles. The first-order valence-electron chi connectivity index (χ1n) is 8.58. The van der Waals surface area contributed by atoms with E-state index in [-0.39, 0.29) is 23.0 Å². The molecule has 4 N–H and O–H groups in total. The molecule has 0 radical (unpaired) electrons. The Hall–Kier alpha value is -3.02. The molecule has 0 bridgehead atoms. The van der Waals surface area contributed by atoms with Gasteiger partial charge in [-0.05, 0) is 51.0 Å². The minimum atomic E-state index is -0.200. The largest absolute Gasteiger partial charge is 0.504 e. The van der Waals surface area contributed by atoms with Crippen molar-refractivity contribution in [3.63, 3.8) is 0 Å². The van der Waals surface area contributed by atoms with Crippen molar-refractivity contribution in [2.75, 3.05) is 13.1 Å². The second kappa shape index (κ2) is 8.89. The summed E-state index contributed by atoms with van der Waals surface area (Å²) < 4.78 is 0. The van der Waals surface area contributed by atoms with Crippen LogP contribution in [0, 0.1) is 0 Å². The summed E-state index contributed by atoms with van der Waals surface area (Å²) >= 11 is 0. The van der Waals surface area contributed by atoms with Gasteiger partial charge in [-0.1, -0.05) is 12.1 Å². The van der Waals surface area contributed by atoms with Crippen molar-refractivity contribution in [1.82, 2.24) is 0 Å². The molecule has 138 valence electrons. The number of para-hydroxylation sites is 2. The van der Waals surface area contributed by atoms with Crippen LogP contribution in [0.4, 0.5) is 0 Å². The quantitative estimate of drug-likeness (QED) is 0.449. The zero-order chi connectivity index (χ0) is 19.1. The van der Waals surface area contributed by atoms with Crippen molar-refractivity contribution >= 4 is 11.4 Å². The maximum absolute atomic E-state index is 10.1. The van der Waals surface area contributed by atoms with Gasteiger partial charge in [-0.2, -0.15) is 0 Å². The third-order valence-electron chi connectivity index (χ3n) is 3.95. The molecule has 0 aromatic heterocycles. The van der Waals surface area contributed by atoms with Gasteiger partial charge in [0.25, 0.3) is 0 Å². The Bertz CT molecular complexity index is 759. The van der Waals surface area contributed by atoms with E-state index in [4.69, 9.17) is 0 Å². The summed E-state index contributed by atoms with van der Waals surface area (Å²) in [5.74, 6) is -0.790. The van der Waals surface area contributed by atoms with Crippen LogP contribution in [0.3, 0.4) is 0 Å². The van der Waals surface area contributed by atoms with Crippen molar-refractivity contribution < 1.29 is 20.4 Å². The third kappa shape index (κ3) is 4.33. The van der Waals surface area contributed by atoms with E-state index in [2.05, 4.69) is 9.98 Å². The molecule has 6 heteroatoms. The lowest BCUT2D eigenvalue weighted by Gasteiger charge is -2.13. The average Bonchev–Trinajstić information content (AvgIpc) is 2.62. The summed E-state index contributed by atoms with van der Waals surface area (Å²) in [5.41, 5.74) is 2.24. The van der Waals surface area contributed by atoms with Crippen LogP contribution in [-0.2, 0) is 0 Å². The maximum atomic E-state index is 10.1. The molecule has 0 amide bonds. The van der Waals surface area contributed by atoms with Gasteiger partial charge in [-0.15, -0.1) is 0 Å². The van der Waals surface area contributed by atoms with E-state index < -0.39 is 0 Å². The van der Waals surface area contributed by atoms with Gasteiger partial charge in [0.1, 0.15) is 0 Å². The zero-order valence-corrected chi connectivity index (χ0v) is 15.0. The number of hydrogen-bond acceptors (Lipinski definition) is 6. The summed E-state index contributed by atoms with van der Waals surface area (Å²) in [6.45, 7) is 4.84. The minimum Gasteiger partial charge on any atom is -0.504 e. The minimum absolute atomic E-state index is 0.195. The summed E-state index contributed by atoms with van der Waals surface area (Å²) in [6.07, 6.45) is 0.914. The number of aliphatic imine (C=N–C) groups is 2. The number of aromatic hydroxyl groups is 4. The van der Waals surface area contributed by atoms with Gasteiger partial charge in [0, 0.05) is 35.6 Å². The van der Waals surface area contributed by atoms with Crippen LogP contribution in [0.1, 0.15) is 37.8 Å². The van der Waals surface area contributed by atoms with E-state index in [9.17, 15) is 20.4 Å². The molecular weight excluding hydrogens is 332 g/mol. The first kappa shape index (κ1) is 19.3. The van der Waals surface area contributed by atoms with Gasteiger partial charge in [0.05, 0.1) is 0 Å². The summed E-state index contributed by atoms with van der Waals surface area (Å²) in [6, 6.07) is 9.53. The summed E-state index contributed by atoms with van der Waals surface area (Å²) in [5, 5.41) is 39.7. The molecule has 0 spiro atoms. The SMILES string of the molecule is CCN=C(CCC(=NCC)c1cccc(O)c1O)c1cccc(O)c1O. The van der Waals surface area contributed by atoms with Crippen LogP contribution >= 0.6 is 0 Å². The predicted molar refractivity (Wildman–Crippen MR) is 103 cm³/mol. The number of benzene rings is 2. The van der Waals surface area contributed by atoms with Crippen molar-refractivity contribution in [2.45, 2.75) is 26.7 Å². The topological polar surface area (TPSA) is 106 Å². The second-order valence-corrected chi connectivity index (χ2v) is 5.69. The Morgan fingerprint density at radius 1 is 0.692 bits per heavy atom. The highest BCUT2D eigenvalue weighted by molar-refractivity contribution is 6.09. The normalized spacial score (nSPS) is 12.4. The van der Waals surface area contributed by atoms with Crippen molar-refractivity contribution in [3.8, 4) is 23.0 Å². The zero-order valence-electron chi connectivity index (χ0n) is 15.0. The highest BCUT2D eigenvalue weighted by Gasteiger charge is 2.16. The van der Waals surface area contributed by atoms with Gasteiger partial charge in [0.2, 0.25) is 0 Å². The third-order valence-corrected chi connectivity index (χ3v) is 3.95. The fraction of sp³-hybridized carbons (Fsp3) is 0.300. The number of phenols is 4. The van der Waals surface area contributed by atoms with E-state index in [1.165, 1.54) is 12.1 Å². The number of nitrogens with zero attached hydrogens (tertiary/aromatic N) is 2. The molecule has 2 aromatic carbocycles. The lowest BCUT2D eigenvalue weighted by Crippen LogP contribution is -2.09. The fourth-order valence-corrected chi connectivity index (χ4v) is 2.74. The summed E-state index contributed by atoms with van der Waals surface area (Å²) in [4.78, 5) is 8.88. The Morgan fingerprint density at radius 2 is 1.08 bits per heavy atom. The van der Waals surface area contributed by atoms with Crippen molar-refractivity contribution in [2.24, 2.45) is 9.98 Å². The van der Waals surface area contributed by atoms with Crippen LogP contribution in [0.25, 0.3) is 0 Å². The molecule has 0 aliphatic rings. The molecular formula is C20H24N2O4. The smallest absolute Gasteiger partial charge is 0.166 e.